The fourth-order valence-corrected chi connectivity index (χ4v) is 4.59. The molecular formula is C34H43NO4. The van der Waals surface area contributed by atoms with Gasteiger partial charge in [-0.15, -0.1) is 0 Å². The van der Waals surface area contributed by atoms with Gasteiger partial charge in [0.1, 0.15) is 12.4 Å². The fraction of sp³-hybridized carbons (Fsp3) is 0.412. The molecule has 5 heteroatoms. The van der Waals surface area contributed by atoms with Gasteiger partial charge in [0.05, 0.1) is 6.61 Å². The minimum Gasteiger partial charge on any atom is -0.489 e. The Hall–Kier alpha value is -3.60. The van der Waals surface area contributed by atoms with Crippen molar-refractivity contribution in [2.75, 3.05) is 6.61 Å². The van der Waals surface area contributed by atoms with Gasteiger partial charge >= 0.3 is 5.97 Å². The van der Waals surface area contributed by atoms with Gasteiger partial charge < -0.3 is 14.8 Å². The number of aryl methyl sites for hydroxylation is 1. The van der Waals surface area contributed by atoms with Crippen molar-refractivity contribution in [2.45, 2.75) is 83.8 Å². The second-order valence-electron chi connectivity index (χ2n) is 9.98. The van der Waals surface area contributed by atoms with Crippen molar-refractivity contribution in [3.63, 3.8) is 0 Å². The first-order valence-electron chi connectivity index (χ1n) is 14.4. The van der Waals surface area contributed by atoms with Crippen LogP contribution in [0.15, 0.2) is 84.9 Å². The molecule has 1 amide bonds. The summed E-state index contributed by atoms with van der Waals surface area (Å²) < 4.78 is 11.0. The van der Waals surface area contributed by atoms with Crippen LogP contribution in [0, 0.1) is 0 Å². The van der Waals surface area contributed by atoms with E-state index in [1.807, 2.05) is 54.6 Å². The standard InChI is InChI=1S/C34H43NO4/c1-2-38-34(37)25-22-31(26-29-20-23-32(24-21-29)39-27-30-17-11-7-12-18-30)35-33(36)19-13-5-3-4-8-14-28-15-9-6-10-16-28/h6-7,9-12,15-18,20-21,23-24,31H,2-5,8,13-14,19,22,25-27H2,1H3,(H,35,36). The van der Waals surface area contributed by atoms with Crippen molar-refractivity contribution in [2.24, 2.45) is 0 Å². The zero-order chi connectivity index (χ0) is 27.5. The van der Waals surface area contributed by atoms with Crippen molar-refractivity contribution in [1.82, 2.24) is 5.32 Å². The maximum Gasteiger partial charge on any atom is 0.305 e. The van der Waals surface area contributed by atoms with E-state index in [4.69, 9.17) is 9.47 Å². The van der Waals surface area contributed by atoms with E-state index in [1.165, 1.54) is 18.4 Å². The van der Waals surface area contributed by atoms with E-state index < -0.39 is 0 Å². The smallest absolute Gasteiger partial charge is 0.305 e. The highest BCUT2D eigenvalue weighted by atomic mass is 16.5. The molecule has 0 aliphatic rings. The van der Waals surface area contributed by atoms with E-state index in [1.54, 1.807) is 6.92 Å². The molecular weight excluding hydrogens is 486 g/mol. The van der Waals surface area contributed by atoms with E-state index in [0.29, 0.717) is 38.9 Å². The average Bonchev–Trinajstić information content (AvgIpc) is 2.96. The summed E-state index contributed by atoms with van der Waals surface area (Å²) >= 11 is 0. The summed E-state index contributed by atoms with van der Waals surface area (Å²) in [4.78, 5) is 24.7. The molecule has 0 saturated carbocycles. The third-order valence-corrected chi connectivity index (χ3v) is 6.73. The topological polar surface area (TPSA) is 64.6 Å². The second-order valence-corrected chi connectivity index (χ2v) is 9.98. The average molecular weight is 530 g/mol. The SMILES string of the molecule is CCOC(=O)CCC(Cc1ccc(OCc2ccccc2)cc1)NC(=O)CCCCCCCc1ccccc1. The highest BCUT2D eigenvalue weighted by Crippen LogP contribution is 2.17. The zero-order valence-electron chi connectivity index (χ0n) is 23.3. The Balaban J connectivity index is 1.40. The first-order valence-corrected chi connectivity index (χ1v) is 14.4. The number of esters is 1. The number of nitrogens with one attached hydrogen (secondary N) is 1. The molecule has 0 fully saturated rings. The third-order valence-electron chi connectivity index (χ3n) is 6.73. The Kier molecular flexibility index (Phi) is 13.7. The number of rotatable bonds is 18. The lowest BCUT2D eigenvalue weighted by Gasteiger charge is -2.19. The molecule has 39 heavy (non-hydrogen) atoms. The normalized spacial score (nSPS) is 11.5. The zero-order valence-corrected chi connectivity index (χ0v) is 23.3. The number of amides is 1. The summed E-state index contributed by atoms with van der Waals surface area (Å²) in [7, 11) is 0. The van der Waals surface area contributed by atoms with Gasteiger partial charge in [-0.3, -0.25) is 9.59 Å². The van der Waals surface area contributed by atoms with Crippen molar-refractivity contribution >= 4 is 11.9 Å². The molecule has 0 aliphatic carbocycles. The van der Waals surface area contributed by atoms with Crippen LogP contribution in [0.2, 0.25) is 0 Å². The van der Waals surface area contributed by atoms with E-state index in [9.17, 15) is 9.59 Å². The van der Waals surface area contributed by atoms with Crippen LogP contribution in [0.5, 0.6) is 5.75 Å². The van der Waals surface area contributed by atoms with Crippen molar-refractivity contribution in [3.05, 3.63) is 102 Å². The molecule has 0 aromatic heterocycles. The summed E-state index contributed by atoms with van der Waals surface area (Å²) in [5, 5.41) is 3.17. The number of hydrogen-bond acceptors (Lipinski definition) is 4. The maximum absolute atomic E-state index is 12.7. The van der Waals surface area contributed by atoms with E-state index in [-0.39, 0.29) is 17.9 Å². The highest BCUT2D eigenvalue weighted by molar-refractivity contribution is 5.76. The summed E-state index contributed by atoms with van der Waals surface area (Å²) in [5.41, 5.74) is 3.60. The van der Waals surface area contributed by atoms with Crippen LogP contribution in [0.25, 0.3) is 0 Å². The molecule has 0 heterocycles. The Morgan fingerprint density at radius 3 is 2.05 bits per heavy atom. The summed E-state index contributed by atoms with van der Waals surface area (Å²) in [5.74, 6) is 0.631. The van der Waals surface area contributed by atoms with Gasteiger partial charge in [0.2, 0.25) is 5.91 Å². The molecule has 0 aliphatic heterocycles. The Labute approximate surface area is 233 Å². The number of carbonyl (C=O) groups is 2. The van der Waals surface area contributed by atoms with Crippen LogP contribution in [0.3, 0.4) is 0 Å². The molecule has 3 aromatic carbocycles. The first-order chi connectivity index (χ1) is 19.1. The van der Waals surface area contributed by atoms with E-state index in [2.05, 4.69) is 35.6 Å². The van der Waals surface area contributed by atoms with Crippen LogP contribution < -0.4 is 10.1 Å². The highest BCUT2D eigenvalue weighted by Gasteiger charge is 2.16. The number of carbonyl (C=O) groups excluding carboxylic acids is 2. The van der Waals surface area contributed by atoms with Crippen molar-refractivity contribution < 1.29 is 19.1 Å². The molecule has 0 saturated heterocycles. The Morgan fingerprint density at radius 2 is 1.36 bits per heavy atom. The molecule has 1 N–H and O–H groups in total. The van der Waals surface area contributed by atoms with Gasteiger partial charge in [-0.05, 0) is 67.9 Å². The monoisotopic (exact) mass is 529 g/mol. The molecule has 3 aromatic rings. The lowest BCUT2D eigenvalue weighted by molar-refractivity contribution is -0.143. The predicted molar refractivity (Wildman–Crippen MR) is 157 cm³/mol. The molecule has 0 spiro atoms. The number of unbranched alkanes of at least 4 members (excludes halogenated alkanes) is 4. The molecule has 1 unspecified atom stereocenters. The molecule has 5 nitrogen and oxygen atoms in total. The predicted octanol–water partition coefficient (Wildman–Crippen LogP) is 7.22. The number of benzene rings is 3. The van der Waals surface area contributed by atoms with Crippen LogP contribution in [-0.4, -0.2) is 24.5 Å². The Bertz CT molecular complexity index is 1080. The quantitative estimate of drug-likeness (QED) is 0.140. The van der Waals surface area contributed by atoms with Crippen LogP contribution >= 0.6 is 0 Å². The fourth-order valence-electron chi connectivity index (χ4n) is 4.59. The van der Waals surface area contributed by atoms with Crippen molar-refractivity contribution in [3.8, 4) is 5.75 Å². The third kappa shape index (κ3) is 12.7. The van der Waals surface area contributed by atoms with Gasteiger partial charge in [-0.1, -0.05) is 92.1 Å². The minimum absolute atomic E-state index is 0.0518. The van der Waals surface area contributed by atoms with Gasteiger partial charge in [0.25, 0.3) is 0 Å². The van der Waals surface area contributed by atoms with Gasteiger partial charge in [-0.2, -0.15) is 0 Å². The summed E-state index contributed by atoms with van der Waals surface area (Å²) in [6, 6.07) is 28.5. The molecule has 0 bridgehead atoms. The first kappa shape index (κ1) is 29.9. The minimum atomic E-state index is -0.225. The molecule has 0 radical (unpaired) electrons. The molecule has 3 rings (SSSR count). The molecule has 208 valence electrons. The number of ether oxygens (including phenoxy) is 2. The maximum atomic E-state index is 12.7. The van der Waals surface area contributed by atoms with Crippen LogP contribution in [-0.2, 0) is 33.8 Å². The van der Waals surface area contributed by atoms with Crippen molar-refractivity contribution in [1.29, 1.82) is 0 Å². The lowest BCUT2D eigenvalue weighted by Crippen LogP contribution is -2.36. The van der Waals surface area contributed by atoms with E-state index >= 15 is 0 Å². The largest absolute Gasteiger partial charge is 0.489 e. The number of hydrogen-bond donors (Lipinski definition) is 1. The van der Waals surface area contributed by atoms with Crippen LogP contribution in [0.4, 0.5) is 0 Å². The summed E-state index contributed by atoms with van der Waals surface area (Å²) in [6.07, 6.45) is 8.58. The second kappa shape index (κ2) is 17.8. The van der Waals surface area contributed by atoms with Crippen LogP contribution in [0.1, 0.15) is 75.0 Å². The Morgan fingerprint density at radius 1 is 0.718 bits per heavy atom. The summed E-state index contributed by atoms with van der Waals surface area (Å²) in [6.45, 7) is 2.69. The van der Waals surface area contributed by atoms with E-state index in [0.717, 1.165) is 42.6 Å². The lowest BCUT2D eigenvalue weighted by atomic mass is 10.0. The molecule has 1 atom stereocenters. The van der Waals surface area contributed by atoms with Gasteiger partial charge in [-0.25, -0.2) is 0 Å². The van der Waals surface area contributed by atoms with Gasteiger partial charge in [0, 0.05) is 18.9 Å². The van der Waals surface area contributed by atoms with Gasteiger partial charge in [0.15, 0.2) is 0 Å².